The second-order valence-corrected chi connectivity index (χ2v) is 14.4. The molecule has 2 saturated carbocycles. The molecule has 14 heteroatoms. The molecule has 0 spiro atoms. The molecule has 3 aliphatic rings. The molecule has 1 aromatic heterocycles. The predicted octanol–water partition coefficient (Wildman–Crippen LogP) is 3.61. The van der Waals surface area contributed by atoms with Gasteiger partial charge in [-0.05, 0) is 82.0 Å². The first-order valence-electron chi connectivity index (χ1n) is 15.3. The third-order valence-electron chi connectivity index (χ3n) is 8.71. The molecule has 2 heterocycles. The first kappa shape index (κ1) is 32.7. The van der Waals surface area contributed by atoms with E-state index in [1.54, 1.807) is 40.1 Å². The summed E-state index contributed by atoms with van der Waals surface area (Å²) in [4.78, 5) is 46.3. The van der Waals surface area contributed by atoms with Gasteiger partial charge in [-0.1, -0.05) is 20.3 Å². The zero-order valence-electron chi connectivity index (χ0n) is 26.5. The molecule has 2 aliphatic carbocycles. The topological polar surface area (TPSA) is 162 Å². The lowest BCUT2D eigenvalue weighted by Gasteiger charge is -2.29. The molecule has 2 aromatic rings. The fourth-order valence-electron chi connectivity index (χ4n) is 5.87. The summed E-state index contributed by atoms with van der Waals surface area (Å²) < 4.78 is 49.9. The second-order valence-electron chi connectivity index (χ2n) is 13.1. The zero-order chi connectivity index (χ0) is 32.8. The lowest BCUT2D eigenvalue weighted by atomic mass is 10.1. The van der Waals surface area contributed by atoms with Gasteiger partial charge < -0.3 is 19.5 Å². The molecule has 45 heavy (non-hydrogen) atoms. The standard InChI is InChI=1S/C31H42N4O9S/c1-7-20-17-31(20,27(37)34-45(39,40)44-30(8-2)12-13-30)33-25(36)24-16-22(18-35(24)28(38)43-29(3,4)5)42-26-23-10-9-21(41-6)15-19(23)11-14-32-26/h9-11,14-15,20,22,24H,7-8,12-13,16-18H2,1-6H3,(H,33,36)(H,34,37)/t20-,22-,24+,31-/m1/s1. The number of carbonyl (C=O) groups excluding carboxylic acids is 3. The van der Waals surface area contributed by atoms with Gasteiger partial charge in [-0.25, -0.2) is 18.7 Å². The minimum absolute atomic E-state index is 0.0267. The van der Waals surface area contributed by atoms with Crippen LogP contribution in [0.25, 0.3) is 10.8 Å². The van der Waals surface area contributed by atoms with Crippen LogP contribution in [0.2, 0.25) is 0 Å². The molecule has 3 amide bonds. The predicted molar refractivity (Wildman–Crippen MR) is 164 cm³/mol. The third-order valence-corrected chi connectivity index (χ3v) is 9.72. The van der Waals surface area contributed by atoms with E-state index in [1.807, 2.05) is 36.8 Å². The van der Waals surface area contributed by atoms with Crippen molar-refractivity contribution in [1.82, 2.24) is 19.9 Å². The van der Waals surface area contributed by atoms with Crippen LogP contribution in [-0.2, 0) is 28.8 Å². The first-order chi connectivity index (χ1) is 21.1. The number of carbonyl (C=O) groups is 3. The van der Waals surface area contributed by atoms with E-state index >= 15 is 0 Å². The Balaban J connectivity index is 1.35. The Morgan fingerprint density at radius 2 is 1.87 bits per heavy atom. The van der Waals surface area contributed by atoms with Crippen molar-refractivity contribution >= 4 is 39.0 Å². The molecule has 1 aromatic carbocycles. The number of pyridine rings is 1. The highest BCUT2D eigenvalue weighted by molar-refractivity contribution is 7.85. The van der Waals surface area contributed by atoms with Crippen LogP contribution < -0.4 is 19.5 Å². The number of benzene rings is 1. The van der Waals surface area contributed by atoms with E-state index < -0.39 is 57.1 Å². The van der Waals surface area contributed by atoms with Crippen molar-refractivity contribution in [3.8, 4) is 11.6 Å². The van der Waals surface area contributed by atoms with Crippen molar-refractivity contribution in [2.24, 2.45) is 5.92 Å². The van der Waals surface area contributed by atoms with E-state index in [-0.39, 0.29) is 25.3 Å². The van der Waals surface area contributed by atoms with Gasteiger partial charge in [0.25, 0.3) is 5.91 Å². The van der Waals surface area contributed by atoms with E-state index in [4.69, 9.17) is 18.4 Å². The molecular weight excluding hydrogens is 604 g/mol. The highest BCUT2D eigenvalue weighted by Crippen LogP contribution is 2.47. The summed E-state index contributed by atoms with van der Waals surface area (Å²) in [6, 6.07) is 6.24. The van der Waals surface area contributed by atoms with Crippen molar-refractivity contribution in [2.45, 2.75) is 102 Å². The van der Waals surface area contributed by atoms with Gasteiger partial charge in [-0.2, -0.15) is 8.42 Å². The van der Waals surface area contributed by atoms with Crippen LogP contribution in [0.1, 0.15) is 73.1 Å². The Bertz CT molecular complexity index is 1590. The molecule has 0 bridgehead atoms. The number of aromatic nitrogens is 1. The van der Waals surface area contributed by atoms with Crippen molar-refractivity contribution in [3.05, 3.63) is 30.5 Å². The van der Waals surface area contributed by atoms with Crippen molar-refractivity contribution in [2.75, 3.05) is 13.7 Å². The maximum atomic E-state index is 13.9. The summed E-state index contributed by atoms with van der Waals surface area (Å²) in [5.74, 6) is -0.759. The molecule has 0 unspecified atom stereocenters. The average Bonchev–Trinajstić information content (AvgIpc) is 3.85. The number of ether oxygens (including phenoxy) is 3. The highest BCUT2D eigenvalue weighted by atomic mass is 32.2. The number of fused-ring (bicyclic) bond motifs is 1. The van der Waals surface area contributed by atoms with Crippen LogP contribution >= 0.6 is 0 Å². The number of nitrogens with one attached hydrogen (secondary N) is 2. The van der Waals surface area contributed by atoms with Crippen molar-refractivity contribution in [1.29, 1.82) is 0 Å². The van der Waals surface area contributed by atoms with E-state index in [0.717, 1.165) is 10.8 Å². The van der Waals surface area contributed by atoms with Gasteiger partial charge in [0.15, 0.2) is 0 Å². The van der Waals surface area contributed by atoms with Crippen LogP contribution in [0.4, 0.5) is 4.79 Å². The van der Waals surface area contributed by atoms with Crippen molar-refractivity contribution < 1.29 is 41.2 Å². The van der Waals surface area contributed by atoms with Crippen LogP contribution in [0, 0.1) is 5.92 Å². The van der Waals surface area contributed by atoms with Crippen LogP contribution in [0.5, 0.6) is 11.6 Å². The van der Waals surface area contributed by atoms with Gasteiger partial charge >= 0.3 is 16.4 Å². The summed E-state index contributed by atoms with van der Waals surface area (Å²) >= 11 is 0. The van der Waals surface area contributed by atoms with E-state index in [1.165, 1.54) is 4.90 Å². The summed E-state index contributed by atoms with van der Waals surface area (Å²) in [7, 11) is -2.82. The minimum atomic E-state index is -4.40. The number of nitrogens with zero attached hydrogens (tertiary/aromatic N) is 2. The van der Waals surface area contributed by atoms with Gasteiger partial charge in [-0.3, -0.25) is 14.5 Å². The van der Waals surface area contributed by atoms with Gasteiger partial charge in [0, 0.05) is 18.0 Å². The fraction of sp³-hybridized carbons (Fsp3) is 0.613. The maximum Gasteiger partial charge on any atom is 0.411 e. The summed E-state index contributed by atoms with van der Waals surface area (Å²) in [5, 5.41) is 4.37. The maximum absolute atomic E-state index is 13.9. The lowest BCUT2D eigenvalue weighted by molar-refractivity contribution is -0.132. The highest BCUT2D eigenvalue weighted by Gasteiger charge is 2.62. The molecule has 2 N–H and O–H groups in total. The average molecular weight is 647 g/mol. The summed E-state index contributed by atoms with van der Waals surface area (Å²) in [6.45, 7) is 8.87. The van der Waals surface area contributed by atoms with Gasteiger partial charge in [0.1, 0.15) is 29.0 Å². The number of rotatable bonds is 11. The Kier molecular flexibility index (Phi) is 8.68. The monoisotopic (exact) mass is 646 g/mol. The SMILES string of the molecule is CC[C@@H]1C[C@]1(NC(=O)[C@@H]1C[C@@H](Oc2nccc3cc(OC)ccc23)CN1C(=O)OC(C)(C)C)C(=O)NS(=O)(=O)OC1(CC)CC1. The second kappa shape index (κ2) is 11.9. The molecule has 1 aliphatic heterocycles. The molecule has 5 rings (SSSR count). The van der Waals surface area contributed by atoms with E-state index in [2.05, 4.69) is 10.3 Å². The van der Waals surface area contributed by atoms with Gasteiger partial charge in [-0.15, -0.1) is 0 Å². The van der Waals surface area contributed by atoms with Crippen molar-refractivity contribution in [3.63, 3.8) is 0 Å². The van der Waals surface area contributed by atoms with E-state index in [9.17, 15) is 22.8 Å². The Hall–Kier alpha value is -3.65. The van der Waals surface area contributed by atoms with E-state index in [0.29, 0.717) is 37.3 Å². The number of amides is 3. The first-order valence-corrected chi connectivity index (χ1v) is 16.7. The Morgan fingerprint density at radius 1 is 1.13 bits per heavy atom. The third kappa shape index (κ3) is 7.11. The van der Waals surface area contributed by atoms with Crippen LogP contribution in [0.15, 0.2) is 30.5 Å². The largest absolute Gasteiger partial charge is 0.497 e. The zero-order valence-corrected chi connectivity index (χ0v) is 27.4. The minimum Gasteiger partial charge on any atom is -0.497 e. The summed E-state index contributed by atoms with van der Waals surface area (Å²) in [6.07, 6.45) is 2.80. The van der Waals surface area contributed by atoms with Gasteiger partial charge in [0.2, 0.25) is 11.8 Å². The summed E-state index contributed by atoms with van der Waals surface area (Å²) in [5.41, 5.74) is -3.07. The Labute approximate surface area is 263 Å². The smallest absolute Gasteiger partial charge is 0.411 e. The molecule has 246 valence electrons. The molecule has 4 atom stereocenters. The molecule has 13 nitrogen and oxygen atoms in total. The fourth-order valence-corrected chi connectivity index (χ4v) is 7.07. The normalized spacial score (nSPS) is 25.4. The molecule has 0 radical (unpaired) electrons. The number of methoxy groups -OCH3 is 1. The molecule has 3 fully saturated rings. The van der Waals surface area contributed by atoms with Gasteiger partial charge in [0.05, 0.1) is 19.3 Å². The quantitative estimate of drug-likeness (QED) is 0.369. The van der Waals surface area contributed by atoms with Crippen LogP contribution in [-0.4, -0.2) is 78.8 Å². The molecule has 1 saturated heterocycles. The molecular formula is C31H42N4O9S. The number of likely N-dealkylation sites (tertiary alicyclic amines) is 1. The lowest BCUT2D eigenvalue weighted by Crippen LogP contribution is -2.57. The van der Waals surface area contributed by atoms with Crippen LogP contribution in [0.3, 0.4) is 0 Å². The Morgan fingerprint density at radius 3 is 2.47 bits per heavy atom. The number of hydrogen-bond acceptors (Lipinski definition) is 10. The number of hydrogen-bond donors (Lipinski definition) is 2.